The maximum atomic E-state index is 12.2. The smallest absolute Gasteiger partial charge is 0.310 e. The second-order valence-electron chi connectivity index (χ2n) is 10.3. The van der Waals surface area contributed by atoms with Crippen LogP contribution >= 0.6 is 0 Å². The first-order valence-corrected chi connectivity index (χ1v) is 14.5. The highest BCUT2D eigenvalue weighted by Crippen LogP contribution is 2.37. The molecule has 0 amide bonds. The maximum absolute atomic E-state index is 12.2. The molecule has 6 heteroatoms. The van der Waals surface area contributed by atoms with E-state index >= 15 is 0 Å². The summed E-state index contributed by atoms with van der Waals surface area (Å²) in [6.45, 7) is 9.15. The fraction of sp³-hybridized carbons (Fsp3) is 0.367. The number of hydrogen-bond donors (Lipinski definition) is 2. The molecule has 3 aromatic carbocycles. The van der Waals surface area contributed by atoms with Gasteiger partial charge in [0.25, 0.3) is 8.32 Å². The van der Waals surface area contributed by atoms with Crippen LogP contribution in [-0.4, -0.2) is 38.1 Å². The summed E-state index contributed by atoms with van der Waals surface area (Å²) in [7, 11) is -2.70. The van der Waals surface area contributed by atoms with Crippen molar-refractivity contribution in [2.75, 3.05) is 6.61 Å². The Labute approximate surface area is 216 Å². The molecule has 5 nitrogen and oxygen atoms in total. The fourth-order valence-corrected chi connectivity index (χ4v) is 9.51. The average molecular weight is 506 g/mol. The van der Waals surface area contributed by atoms with Crippen LogP contribution in [0, 0.1) is 5.92 Å². The normalized spacial score (nSPS) is 14.7. The number of benzene rings is 3. The first-order chi connectivity index (χ1) is 17.2. The summed E-state index contributed by atoms with van der Waals surface area (Å²) < 4.78 is 12.8. The van der Waals surface area contributed by atoms with E-state index in [9.17, 15) is 9.90 Å². The van der Waals surface area contributed by atoms with E-state index in [2.05, 4.69) is 45.0 Å². The Kier molecular flexibility index (Phi) is 9.62. The molecule has 0 bridgehead atoms. The van der Waals surface area contributed by atoms with E-state index in [4.69, 9.17) is 14.9 Å². The quantitative estimate of drug-likeness (QED) is 0.352. The Hall–Kier alpha value is -2.77. The first-order valence-electron chi connectivity index (χ1n) is 12.6. The summed E-state index contributed by atoms with van der Waals surface area (Å²) in [4.78, 5) is 12.2. The maximum Gasteiger partial charge on any atom is 0.310 e. The van der Waals surface area contributed by atoms with Crippen molar-refractivity contribution >= 4 is 24.7 Å². The van der Waals surface area contributed by atoms with Crippen LogP contribution in [0.2, 0.25) is 5.04 Å². The third-order valence-corrected chi connectivity index (χ3v) is 11.8. The molecule has 0 saturated carbocycles. The third kappa shape index (κ3) is 6.50. The number of ether oxygens (including phenoxy) is 1. The fourth-order valence-electron chi connectivity index (χ4n) is 4.93. The van der Waals surface area contributed by atoms with Crippen molar-refractivity contribution in [2.24, 2.45) is 11.7 Å². The van der Waals surface area contributed by atoms with Crippen molar-refractivity contribution in [3.05, 3.63) is 96.6 Å². The monoisotopic (exact) mass is 505 g/mol. The number of nitrogens with two attached hydrogens (primary N) is 1. The second kappa shape index (κ2) is 12.5. The molecule has 3 atom stereocenters. The molecule has 3 aromatic rings. The zero-order valence-electron chi connectivity index (χ0n) is 21.8. The summed E-state index contributed by atoms with van der Waals surface area (Å²) in [6.07, 6.45) is -0.119. The van der Waals surface area contributed by atoms with Gasteiger partial charge in [0, 0.05) is 12.6 Å². The molecular formula is C30H39NO4Si. The van der Waals surface area contributed by atoms with Crippen LogP contribution in [0.1, 0.15) is 39.7 Å². The molecule has 0 aliphatic carbocycles. The number of rotatable bonds is 12. The van der Waals surface area contributed by atoms with Gasteiger partial charge in [0.1, 0.15) is 0 Å². The lowest BCUT2D eigenvalue weighted by atomic mass is 9.93. The van der Waals surface area contributed by atoms with E-state index in [1.807, 2.05) is 66.7 Å². The summed E-state index contributed by atoms with van der Waals surface area (Å²) in [5.74, 6) is -1.79. The van der Waals surface area contributed by atoms with Gasteiger partial charge in [0.15, 0.2) is 0 Å². The van der Waals surface area contributed by atoms with Crippen LogP contribution in [0.5, 0.6) is 0 Å². The van der Waals surface area contributed by atoms with Gasteiger partial charge in [0.2, 0.25) is 0 Å². The molecule has 0 fully saturated rings. The van der Waals surface area contributed by atoms with E-state index in [1.54, 1.807) is 6.92 Å². The van der Waals surface area contributed by atoms with Crippen LogP contribution in [0.15, 0.2) is 91.0 Å². The Morgan fingerprint density at radius 3 is 1.81 bits per heavy atom. The van der Waals surface area contributed by atoms with Gasteiger partial charge in [-0.1, -0.05) is 112 Å². The average Bonchev–Trinajstić information content (AvgIpc) is 2.86. The second-order valence-corrected chi connectivity index (χ2v) is 14.6. The highest BCUT2D eigenvalue weighted by molar-refractivity contribution is 6.99. The molecule has 0 radical (unpaired) electrons. The van der Waals surface area contributed by atoms with Crippen LogP contribution < -0.4 is 16.1 Å². The van der Waals surface area contributed by atoms with Crippen LogP contribution in [0.4, 0.5) is 0 Å². The van der Waals surface area contributed by atoms with Gasteiger partial charge in [-0.25, -0.2) is 0 Å². The lowest BCUT2D eigenvalue weighted by Gasteiger charge is -2.43. The number of aliphatic carboxylic acids is 1. The lowest BCUT2D eigenvalue weighted by molar-refractivity contribution is -0.148. The number of carbonyl (C=O) groups is 1. The summed E-state index contributed by atoms with van der Waals surface area (Å²) in [5, 5.41) is 12.2. The molecule has 0 aliphatic heterocycles. The van der Waals surface area contributed by atoms with E-state index in [0.29, 0.717) is 19.6 Å². The van der Waals surface area contributed by atoms with Crippen LogP contribution in [-0.2, 0) is 20.6 Å². The molecule has 0 heterocycles. The Morgan fingerprint density at radius 2 is 1.36 bits per heavy atom. The van der Waals surface area contributed by atoms with Gasteiger partial charge in [-0.3, -0.25) is 4.79 Å². The standard InChI is InChI=1S/C30H39NO4Si/c1-23(34-22-24-14-8-5-9-15-24)28(29(32)33)27(31)20-21-35-36(30(2,3)4,25-16-10-6-11-17-25)26-18-12-7-13-19-26/h5-19,23,27-28H,20-22,31H2,1-4H3,(H,32,33)/t23-,27-,28+/m1/s1. The van der Waals surface area contributed by atoms with Gasteiger partial charge in [0.05, 0.1) is 18.6 Å². The Bertz CT molecular complexity index is 1030. The molecule has 3 N–H and O–H groups in total. The Morgan fingerprint density at radius 1 is 0.889 bits per heavy atom. The molecule has 36 heavy (non-hydrogen) atoms. The minimum Gasteiger partial charge on any atom is -0.481 e. The van der Waals surface area contributed by atoms with Crippen LogP contribution in [0.25, 0.3) is 0 Å². The first kappa shape index (κ1) is 27.8. The highest BCUT2D eigenvalue weighted by Gasteiger charge is 2.50. The van der Waals surface area contributed by atoms with Crippen molar-refractivity contribution in [1.82, 2.24) is 0 Å². The van der Waals surface area contributed by atoms with Crippen molar-refractivity contribution < 1.29 is 19.1 Å². The molecule has 0 aliphatic rings. The highest BCUT2D eigenvalue weighted by atomic mass is 28.4. The SMILES string of the molecule is C[C@@H](OCc1ccccc1)[C@H](C(=O)O)[C@H](N)CCO[Si](c1ccccc1)(c1ccccc1)C(C)(C)C. The Balaban J connectivity index is 1.77. The van der Waals surface area contributed by atoms with E-state index in [1.165, 1.54) is 10.4 Å². The van der Waals surface area contributed by atoms with Gasteiger partial charge < -0.3 is 20.0 Å². The van der Waals surface area contributed by atoms with Crippen molar-refractivity contribution in [2.45, 2.75) is 57.9 Å². The molecular weight excluding hydrogens is 466 g/mol. The van der Waals surface area contributed by atoms with Crippen molar-refractivity contribution in [3.63, 3.8) is 0 Å². The van der Waals surface area contributed by atoms with Gasteiger partial charge in [-0.05, 0) is 34.3 Å². The summed E-state index contributed by atoms with van der Waals surface area (Å²) >= 11 is 0. The molecule has 0 unspecified atom stereocenters. The van der Waals surface area contributed by atoms with E-state index in [-0.39, 0.29) is 5.04 Å². The molecule has 0 spiro atoms. The number of carboxylic acid groups (broad SMARTS) is 1. The van der Waals surface area contributed by atoms with E-state index in [0.717, 1.165) is 5.56 Å². The zero-order valence-corrected chi connectivity index (χ0v) is 22.8. The molecule has 192 valence electrons. The van der Waals surface area contributed by atoms with Gasteiger partial charge in [-0.2, -0.15) is 0 Å². The predicted molar refractivity (Wildman–Crippen MR) is 148 cm³/mol. The number of carboxylic acids is 1. The topological polar surface area (TPSA) is 81.8 Å². The largest absolute Gasteiger partial charge is 0.481 e. The minimum atomic E-state index is -2.70. The third-order valence-electron chi connectivity index (χ3n) is 6.79. The van der Waals surface area contributed by atoms with Crippen LogP contribution in [0.3, 0.4) is 0 Å². The van der Waals surface area contributed by atoms with Gasteiger partial charge >= 0.3 is 5.97 Å². The lowest BCUT2D eigenvalue weighted by Crippen LogP contribution is -2.66. The molecule has 0 aromatic heterocycles. The summed E-state index contributed by atoms with van der Waals surface area (Å²) in [6, 6.07) is 29.9. The minimum absolute atomic E-state index is 0.155. The van der Waals surface area contributed by atoms with Crippen molar-refractivity contribution in [3.8, 4) is 0 Å². The predicted octanol–water partition coefficient (Wildman–Crippen LogP) is 4.59. The molecule has 0 saturated heterocycles. The zero-order chi connectivity index (χ0) is 26.2. The van der Waals surface area contributed by atoms with E-state index < -0.39 is 32.4 Å². The van der Waals surface area contributed by atoms with Gasteiger partial charge in [-0.15, -0.1) is 0 Å². The van der Waals surface area contributed by atoms with Crippen molar-refractivity contribution in [1.29, 1.82) is 0 Å². The summed E-state index contributed by atoms with van der Waals surface area (Å²) in [5.41, 5.74) is 7.48. The molecule has 3 rings (SSSR count). The number of hydrogen-bond acceptors (Lipinski definition) is 4.